The molecule has 1 aromatic heterocycles. The number of ether oxygens (including phenoxy) is 4. The number of H-pyrrole nitrogens is 1. The van der Waals surface area contributed by atoms with Crippen molar-refractivity contribution in [3.05, 3.63) is 105 Å². The summed E-state index contributed by atoms with van der Waals surface area (Å²) in [6.45, 7) is 0.450. The number of para-hydroxylation sites is 1. The number of methoxy groups -OCH3 is 3. The second kappa shape index (κ2) is 14.5. The Hall–Kier alpha value is -4.18. The molecule has 11 heteroatoms. The molecule has 0 aliphatic rings. The second-order valence-electron chi connectivity index (χ2n) is 8.75. The third-order valence-corrected chi connectivity index (χ3v) is 6.96. The summed E-state index contributed by atoms with van der Waals surface area (Å²) in [4.78, 5) is 16.2. The molecule has 3 aromatic carbocycles. The van der Waals surface area contributed by atoms with Crippen molar-refractivity contribution in [3.8, 4) is 23.0 Å². The molecular weight excluding hydrogens is 571 g/mol. The number of halogens is 2. The summed E-state index contributed by atoms with van der Waals surface area (Å²) in [5.74, 6) is 0.948. The molecule has 1 heterocycles. The van der Waals surface area contributed by atoms with Gasteiger partial charge < -0.3 is 34.8 Å². The number of phenols is 1. The van der Waals surface area contributed by atoms with Crippen LogP contribution in [-0.2, 0) is 17.7 Å². The molecule has 0 unspecified atom stereocenters. The zero-order valence-corrected chi connectivity index (χ0v) is 24.1. The second-order valence-corrected chi connectivity index (χ2v) is 9.57. The maximum Gasteiger partial charge on any atom is 0.338 e. The average Bonchev–Trinajstić information content (AvgIpc) is 2.97. The van der Waals surface area contributed by atoms with E-state index in [9.17, 15) is 9.90 Å². The van der Waals surface area contributed by atoms with Crippen molar-refractivity contribution >= 4 is 34.9 Å². The van der Waals surface area contributed by atoms with Crippen molar-refractivity contribution < 1.29 is 39.3 Å². The molecule has 9 nitrogen and oxygen atoms in total. The number of phenolic OH excluding ortho intramolecular Hbond substituents is 1. The van der Waals surface area contributed by atoms with Gasteiger partial charge in [0.25, 0.3) is 0 Å². The Bertz CT molecular complexity index is 1460. The first kappa shape index (κ1) is 31.3. The lowest BCUT2D eigenvalue weighted by atomic mass is 10.0. The minimum absolute atomic E-state index is 0. The van der Waals surface area contributed by atoms with Crippen LogP contribution in [0.1, 0.15) is 33.2 Å². The molecule has 0 bridgehead atoms. The predicted molar refractivity (Wildman–Crippen MR) is 155 cm³/mol. The fourth-order valence-electron chi connectivity index (χ4n) is 4.17. The van der Waals surface area contributed by atoms with Crippen LogP contribution >= 0.6 is 23.2 Å². The maximum atomic E-state index is 13.3. The Labute approximate surface area is 247 Å². The molecule has 0 aliphatic carbocycles. The molecular formula is C30H30Cl2N2O7. The molecule has 41 heavy (non-hydrogen) atoms. The number of esters is 1. The Kier molecular flexibility index (Phi) is 11.0. The maximum absolute atomic E-state index is 13.3. The number of pyridine rings is 1. The van der Waals surface area contributed by atoms with E-state index in [4.69, 9.17) is 42.1 Å². The largest absolute Gasteiger partial charge is 0.870 e. The zero-order valence-electron chi connectivity index (χ0n) is 22.6. The monoisotopic (exact) mass is 600 g/mol. The minimum atomic E-state index is -0.718. The number of nitrogens with one attached hydrogen (secondary N) is 2. The van der Waals surface area contributed by atoms with E-state index >= 15 is 0 Å². The molecule has 4 aromatic rings. The van der Waals surface area contributed by atoms with E-state index in [-0.39, 0.29) is 17.6 Å². The van der Waals surface area contributed by atoms with Gasteiger partial charge in [-0.25, -0.2) is 9.78 Å². The van der Waals surface area contributed by atoms with E-state index in [1.54, 1.807) is 62.0 Å². The van der Waals surface area contributed by atoms with Crippen LogP contribution in [-0.4, -0.2) is 37.9 Å². The Balaban J connectivity index is 0.00000462. The first-order chi connectivity index (χ1) is 19.3. The number of carbonyl (C=O) groups excluding carboxylic acids is 1. The lowest BCUT2D eigenvalue weighted by Gasteiger charge is -2.20. The molecule has 0 amide bonds. The predicted octanol–water partition coefficient (Wildman–Crippen LogP) is 6.12. The summed E-state index contributed by atoms with van der Waals surface area (Å²) < 4.78 is 22.1. The van der Waals surface area contributed by atoms with Crippen molar-refractivity contribution in [2.75, 3.05) is 26.6 Å². The number of aromatic hydroxyl groups is 1. The first-order valence-corrected chi connectivity index (χ1v) is 13.1. The molecule has 4 rings (SSSR count). The number of rotatable bonds is 11. The van der Waals surface area contributed by atoms with Crippen LogP contribution in [0.3, 0.4) is 0 Å². The Morgan fingerprint density at radius 1 is 0.927 bits per heavy atom. The van der Waals surface area contributed by atoms with E-state index in [0.717, 1.165) is 5.56 Å². The fourth-order valence-corrected chi connectivity index (χ4v) is 4.70. The summed E-state index contributed by atoms with van der Waals surface area (Å²) in [5.41, 5.74) is 3.27. The Morgan fingerprint density at radius 3 is 2.24 bits per heavy atom. The van der Waals surface area contributed by atoms with Crippen LogP contribution in [0.15, 0.2) is 73.1 Å². The molecule has 0 fully saturated rings. The third kappa shape index (κ3) is 7.52. The Morgan fingerprint density at radius 2 is 1.61 bits per heavy atom. The number of benzene rings is 3. The van der Waals surface area contributed by atoms with E-state index in [0.29, 0.717) is 56.2 Å². The normalized spacial score (nSPS) is 11.1. The van der Waals surface area contributed by atoms with Crippen LogP contribution in [0.25, 0.3) is 0 Å². The molecule has 0 saturated heterocycles. The summed E-state index contributed by atoms with van der Waals surface area (Å²) in [6.07, 6.45) is 2.76. The standard InChI is InChI=1S/C30H28Cl2N2O6.H2O/c1-37-26-12-11-20(13-28(26)38-2)27(14-21-22(31)16-33-17-23(21)32)40-30(36)19-9-7-18(8-10-19)15-34-24-5-4-6-25(35)29(24)39-3;/h4-13,16-17,27,34-35H,14-15H2,1-3H3;1H2/t27-;/m0./s1. The lowest BCUT2D eigenvalue weighted by Crippen LogP contribution is -2.16. The van der Waals surface area contributed by atoms with E-state index in [2.05, 4.69) is 10.3 Å². The van der Waals surface area contributed by atoms with Crippen LogP contribution < -0.4 is 24.5 Å². The van der Waals surface area contributed by atoms with Crippen LogP contribution in [0.2, 0.25) is 10.0 Å². The van der Waals surface area contributed by atoms with Gasteiger partial charge in [0, 0.05) is 18.5 Å². The molecule has 0 saturated carbocycles. The van der Waals surface area contributed by atoms with Crippen LogP contribution in [0, 0.1) is 0 Å². The summed E-state index contributed by atoms with van der Waals surface area (Å²) >= 11 is 12.8. The number of hydrogen-bond acceptors (Lipinski definition) is 8. The molecule has 1 atom stereocenters. The van der Waals surface area contributed by atoms with Gasteiger partial charge in [-0.1, -0.05) is 47.5 Å². The minimum Gasteiger partial charge on any atom is -0.870 e. The van der Waals surface area contributed by atoms with Crippen molar-refractivity contribution in [1.82, 2.24) is 0 Å². The summed E-state index contributed by atoms with van der Waals surface area (Å²) in [5, 5.41) is 14.1. The van der Waals surface area contributed by atoms with Gasteiger partial charge in [0.2, 0.25) is 0 Å². The van der Waals surface area contributed by atoms with Crippen molar-refractivity contribution in [2.45, 2.75) is 19.1 Å². The van der Waals surface area contributed by atoms with E-state index in [1.807, 2.05) is 18.2 Å². The molecule has 216 valence electrons. The fraction of sp³-hybridized carbons (Fsp3) is 0.200. The van der Waals surface area contributed by atoms with Crippen LogP contribution in [0.5, 0.6) is 23.0 Å². The van der Waals surface area contributed by atoms with Gasteiger partial charge in [-0.05, 0) is 47.5 Å². The quantitative estimate of drug-likeness (QED) is 0.197. The van der Waals surface area contributed by atoms with E-state index in [1.165, 1.54) is 14.2 Å². The van der Waals surface area contributed by atoms with Gasteiger partial charge in [0.05, 0.1) is 32.6 Å². The highest BCUT2D eigenvalue weighted by molar-refractivity contribution is 6.35. The molecule has 0 aliphatic heterocycles. The van der Waals surface area contributed by atoms with Gasteiger partial charge >= 0.3 is 5.97 Å². The van der Waals surface area contributed by atoms with Crippen molar-refractivity contribution in [1.29, 1.82) is 0 Å². The number of aromatic nitrogens is 1. The number of aromatic amines is 1. The van der Waals surface area contributed by atoms with Gasteiger partial charge in [-0.2, -0.15) is 0 Å². The van der Waals surface area contributed by atoms with E-state index < -0.39 is 12.1 Å². The number of hydrogen-bond donors (Lipinski definition) is 2. The van der Waals surface area contributed by atoms with Gasteiger partial charge in [-0.3, -0.25) is 0 Å². The highest BCUT2D eigenvalue weighted by Gasteiger charge is 2.24. The van der Waals surface area contributed by atoms with Gasteiger partial charge in [0.1, 0.15) is 16.1 Å². The smallest absolute Gasteiger partial charge is 0.338 e. The van der Waals surface area contributed by atoms with Gasteiger partial charge in [0.15, 0.2) is 35.4 Å². The SMILES string of the molecule is COc1ccc([C@H](Cc2c(Cl)c[nH+]cc2Cl)OC(=O)c2ccc(CNc3cccc(O)c3OC)cc2)cc1OC.[OH-]. The highest BCUT2D eigenvalue weighted by Crippen LogP contribution is 2.36. The van der Waals surface area contributed by atoms with Gasteiger partial charge in [-0.15, -0.1) is 0 Å². The number of carbonyl (C=O) groups is 1. The average molecular weight is 601 g/mol. The topological polar surface area (TPSA) is 130 Å². The zero-order chi connectivity index (χ0) is 28.6. The third-order valence-electron chi connectivity index (χ3n) is 6.29. The molecule has 0 radical (unpaired) electrons. The summed E-state index contributed by atoms with van der Waals surface area (Å²) in [7, 11) is 4.58. The van der Waals surface area contributed by atoms with Crippen molar-refractivity contribution in [3.63, 3.8) is 0 Å². The summed E-state index contributed by atoms with van der Waals surface area (Å²) in [6, 6.07) is 17.4. The first-order valence-electron chi connectivity index (χ1n) is 12.3. The molecule has 0 spiro atoms. The lowest BCUT2D eigenvalue weighted by molar-refractivity contribution is -0.377. The highest BCUT2D eigenvalue weighted by atomic mass is 35.5. The van der Waals surface area contributed by atoms with Crippen LogP contribution in [0.4, 0.5) is 5.69 Å². The number of anilines is 1. The van der Waals surface area contributed by atoms with Crippen molar-refractivity contribution in [2.24, 2.45) is 0 Å². The molecule has 4 N–H and O–H groups in total.